The Bertz CT molecular complexity index is 2120. The number of hydrogen-bond acceptors (Lipinski definition) is 7. The number of phosphoric acid groups is 1. The van der Waals surface area contributed by atoms with Crippen LogP contribution < -0.4 is 0 Å². The number of carbonyl (C=O) groups excluding carboxylic acids is 2. The first kappa shape index (κ1) is 78.8. The summed E-state index contributed by atoms with van der Waals surface area (Å²) in [5.41, 5.74) is 0. The van der Waals surface area contributed by atoms with Crippen LogP contribution in [0.2, 0.25) is 0 Å². The predicted molar refractivity (Wildman–Crippen MR) is 362 cm³/mol. The highest BCUT2D eigenvalue weighted by atomic mass is 31.2. The average Bonchev–Trinajstić information content (AvgIpc) is 3.61. The molecule has 10 heteroatoms. The van der Waals surface area contributed by atoms with Crippen LogP contribution in [-0.2, 0) is 32.7 Å². The van der Waals surface area contributed by atoms with Gasteiger partial charge in [0.1, 0.15) is 19.8 Å². The maximum atomic E-state index is 12.8. The normalized spacial score (nSPS) is 14.5. The van der Waals surface area contributed by atoms with Gasteiger partial charge in [0.15, 0.2) is 6.10 Å². The van der Waals surface area contributed by atoms with E-state index in [-0.39, 0.29) is 26.1 Å². The molecule has 0 aliphatic carbocycles. The van der Waals surface area contributed by atoms with Crippen LogP contribution in [0.15, 0.2) is 194 Å². The van der Waals surface area contributed by atoms with Crippen molar-refractivity contribution in [3.8, 4) is 0 Å². The smallest absolute Gasteiger partial charge is 0.462 e. The number of nitrogens with zero attached hydrogens (tertiary/aromatic N) is 1. The minimum Gasteiger partial charge on any atom is -0.462 e. The van der Waals surface area contributed by atoms with Gasteiger partial charge in [-0.1, -0.05) is 247 Å². The molecule has 0 heterocycles. The van der Waals surface area contributed by atoms with Crippen molar-refractivity contribution in [2.75, 3.05) is 47.5 Å². The van der Waals surface area contributed by atoms with Gasteiger partial charge in [0.05, 0.1) is 27.7 Å². The van der Waals surface area contributed by atoms with Crippen molar-refractivity contribution in [2.24, 2.45) is 0 Å². The van der Waals surface area contributed by atoms with E-state index < -0.39 is 32.5 Å². The summed E-state index contributed by atoms with van der Waals surface area (Å²) in [7, 11) is 1.41. The van der Waals surface area contributed by atoms with Crippen molar-refractivity contribution < 1.29 is 42.1 Å². The second-order valence-corrected chi connectivity index (χ2v) is 23.1. The van der Waals surface area contributed by atoms with Gasteiger partial charge in [-0.05, 0) is 141 Å². The Balaban J connectivity index is 4.30. The van der Waals surface area contributed by atoms with E-state index in [1.165, 1.54) is 25.7 Å². The Labute approximate surface area is 513 Å². The summed E-state index contributed by atoms with van der Waals surface area (Å²) in [5.74, 6) is -0.876. The summed E-state index contributed by atoms with van der Waals surface area (Å²) in [6.07, 6.45) is 98.0. The van der Waals surface area contributed by atoms with E-state index in [0.717, 1.165) is 141 Å². The van der Waals surface area contributed by atoms with Gasteiger partial charge in [-0.25, -0.2) is 4.57 Å². The number of esters is 2. The molecule has 84 heavy (non-hydrogen) atoms. The molecule has 0 aromatic heterocycles. The summed E-state index contributed by atoms with van der Waals surface area (Å²) in [6, 6.07) is 0. The molecule has 0 aromatic carbocycles. The molecule has 0 saturated carbocycles. The maximum Gasteiger partial charge on any atom is 0.472 e. The zero-order chi connectivity index (χ0) is 61.2. The van der Waals surface area contributed by atoms with Crippen LogP contribution in [0.3, 0.4) is 0 Å². The third-order valence-electron chi connectivity index (χ3n) is 12.6. The molecule has 2 unspecified atom stereocenters. The van der Waals surface area contributed by atoms with E-state index in [2.05, 4.69) is 208 Å². The van der Waals surface area contributed by atoms with Crippen LogP contribution in [-0.4, -0.2) is 74.9 Å². The quantitative estimate of drug-likeness (QED) is 0.0211. The molecule has 0 aliphatic heterocycles. The Morgan fingerprint density at radius 3 is 0.976 bits per heavy atom. The molecule has 0 rings (SSSR count). The number of hydrogen-bond donors (Lipinski definition) is 1. The number of carbonyl (C=O) groups is 2. The van der Waals surface area contributed by atoms with Gasteiger partial charge < -0.3 is 18.9 Å². The molecule has 0 amide bonds. The van der Waals surface area contributed by atoms with Gasteiger partial charge in [0.25, 0.3) is 0 Å². The number of allylic oxidation sites excluding steroid dienone is 32. The van der Waals surface area contributed by atoms with Gasteiger partial charge in [-0.2, -0.15) is 0 Å². The largest absolute Gasteiger partial charge is 0.472 e. The molecule has 1 N–H and O–H groups in total. The SMILES string of the molecule is CC/C=C\C/C=C\C/C=C\C/C=C\C/C=C\C/C=C\C/C=C\C/C=C\C/C=C\C/C=C\CCCCC(=O)OC(COC(=O)CCCCCCCCCC/C=C\C/C=C\C/C=C\C/C=C\C/C=C\C/C=C\CC)COP(=O)(O)OCC[N+](C)(C)C. The lowest BCUT2D eigenvalue weighted by Gasteiger charge is -2.24. The first-order valence-corrected chi connectivity index (χ1v) is 33.7. The topological polar surface area (TPSA) is 108 Å². The molecule has 0 spiro atoms. The van der Waals surface area contributed by atoms with Crippen molar-refractivity contribution in [3.63, 3.8) is 0 Å². The van der Waals surface area contributed by atoms with Crippen LogP contribution in [0.25, 0.3) is 0 Å². The molecule has 0 radical (unpaired) electrons. The summed E-state index contributed by atoms with van der Waals surface area (Å²) in [6.45, 7) is 4.11. The fourth-order valence-electron chi connectivity index (χ4n) is 7.75. The van der Waals surface area contributed by atoms with Crippen LogP contribution in [0.1, 0.15) is 206 Å². The molecule has 470 valence electrons. The zero-order valence-corrected chi connectivity index (χ0v) is 54.2. The number of quaternary nitrogens is 1. The van der Waals surface area contributed by atoms with Crippen LogP contribution >= 0.6 is 7.82 Å². The van der Waals surface area contributed by atoms with Crippen molar-refractivity contribution in [1.82, 2.24) is 0 Å². The van der Waals surface area contributed by atoms with Gasteiger partial charge in [0, 0.05) is 12.8 Å². The predicted octanol–water partition coefficient (Wildman–Crippen LogP) is 20.9. The fraction of sp³-hybridized carbons (Fsp3) is 0.541. The lowest BCUT2D eigenvalue weighted by Crippen LogP contribution is -2.37. The molecule has 9 nitrogen and oxygen atoms in total. The van der Waals surface area contributed by atoms with E-state index in [9.17, 15) is 19.0 Å². The van der Waals surface area contributed by atoms with E-state index in [4.69, 9.17) is 18.5 Å². The van der Waals surface area contributed by atoms with Crippen LogP contribution in [0.4, 0.5) is 0 Å². The Morgan fingerprint density at radius 1 is 0.369 bits per heavy atom. The average molecular weight is 1180 g/mol. The van der Waals surface area contributed by atoms with E-state index in [0.29, 0.717) is 23.9 Å². The van der Waals surface area contributed by atoms with Crippen molar-refractivity contribution in [3.05, 3.63) is 194 Å². The second kappa shape index (κ2) is 62.4. The monoisotopic (exact) mass is 1180 g/mol. The molecule has 0 bridgehead atoms. The van der Waals surface area contributed by atoms with Gasteiger partial charge in [0.2, 0.25) is 0 Å². The molecular formula is C74H117NO8P+. The molecule has 2 atom stereocenters. The standard InChI is InChI=1S/C74H116NO8P/c1-6-8-10-12-14-16-18-20-22-24-26-28-30-32-34-35-36-37-38-39-41-43-45-47-49-51-53-55-57-59-61-63-65-67-74(77)83-72(71-82-84(78,79)81-69-68-75(3,4)5)70-80-73(76)66-64-62-60-58-56-54-52-50-48-46-44-42-40-33-31-29-27-25-23-21-19-17-15-13-11-9-7-2/h8-11,14-17,20-23,26-29,32-34,36-37,39-41,44-47,51,53,57,59,72H,6-7,12-13,18-19,24-25,30-31,35,38,42-43,48-50,52,54-56,58,60-71H2,1-5H3/p+1/b10-8-,11-9-,16-14-,17-15-,22-20-,23-21-,28-26-,29-27-,34-32-,37-36-,40-33-,41-39-,46-44-,47-45-,53-51-,59-57-. The second-order valence-electron chi connectivity index (χ2n) is 21.7. The first-order chi connectivity index (χ1) is 41.0. The van der Waals surface area contributed by atoms with Crippen LogP contribution in [0, 0.1) is 0 Å². The minimum atomic E-state index is -4.42. The zero-order valence-electron chi connectivity index (χ0n) is 53.3. The van der Waals surface area contributed by atoms with Gasteiger partial charge >= 0.3 is 19.8 Å². The number of rotatable bonds is 56. The molecule has 0 fully saturated rings. The Hall–Kier alpha value is -5.15. The third kappa shape index (κ3) is 66.0. The summed E-state index contributed by atoms with van der Waals surface area (Å²) < 4.78 is 34.6. The molecule has 0 saturated heterocycles. The molecule has 0 aromatic rings. The minimum absolute atomic E-state index is 0.00953. The van der Waals surface area contributed by atoms with E-state index in [1.807, 2.05) is 21.1 Å². The maximum absolute atomic E-state index is 12.8. The Kier molecular flexibility index (Phi) is 58.6. The number of unbranched alkanes of at least 4 members (excludes halogenated alkanes) is 10. The summed E-state index contributed by atoms with van der Waals surface area (Å²) in [4.78, 5) is 35.8. The van der Waals surface area contributed by atoms with Crippen molar-refractivity contribution >= 4 is 19.8 Å². The summed E-state index contributed by atoms with van der Waals surface area (Å²) in [5, 5.41) is 0. The van der Waals surface area contributed by atoms with Crippen molar-refractivity contribution in [1.29, 1.82) is 0 Å². The van der Waals surface area contributed by atoms with E-state index in [1.54, 1.807) is 0 Å². The molecule has 0 aliphatic rings. The van der Waals surface area contributed by atoms with Gasteiger partial charge in [-0.15, -0.1) is 0 Å². The lowest BCUT2D eigenvalue weighted by molar-refractivity contribution is -0.870. The highest BCUT2D eigenvalue weighted by Crippen LogP contribution is 2.43. The highest BCUT2D eigenvalue weighted by Gasteiger charge is 2.27. The van der Waals surface area contributed by atoms with Crippen molar-refractivity contribution in [2.45, 2.75) is 213 Å². The Morgan fingerprint density at radius 2 is 0.643 bits per heavy atom. The van der Waals surface area contributed by atoms with Gasteiger partial charge in [-0.3, -0.25) is 18.6 Å². The number of phosphoric ester groups is 1. The fourth-order valence-corrected chi connectivity index (χ4v) is 8.49. The van der Waals surface area contributed by atoms with Crippen LogP contribution in [0.5, 0.6) is 0 Å². The number of ether oxygens (including phenoxy) is 2. The first-order valence-electron chi connectivity index (χ1n) is 32.2. The summed E-state index contributed by atoms with van der Waals surface area (Å²) >= 11 is 0. The van der Waals surface area contributed by atoms with E-state index >= 15 is 0 Å². The molecular weight excluding hydrogens is 1060 g/mol. The number of likely N-dealkylation sites (N-methyl/N-ethyl adjacent to an activating group) is 1. The third-order valence-corrected chi connectivity index (χ3v) is 13.6. The highest BCUT2D eigenvalue weighted by molar-refractivity contribution is 7.47. The lowest BCUT2D eigenvalue weighted by atomic mass is 10.1.